The van der Waals surface area contributed by atoms with Gasteiger partial charge in [-0.25, -0.2) is 0 Å². The molecular formula is C21H22Cl3N3O2S. The quantitative estimate of drug-likeness (QED) is 0.382. The van der Waals surface area contributed by atoms with Crippen molar-refractivity contribution in [3.05, 3.63) is 71.8 Å². The monoisotopic (exact) mass is 485 g/mol. The SMILES string of the molecule is O=C(NC(NC(=S)N1CCOCC1)C(Cl)(Cl)Cl)C(c1ccccc1)c1ccccc1. The highest BCUT2D eigenvalue weighted by atomic mass is 35.6. The number of rotatable bonds is 5. The number of carbonyl (C=O) groups is 1. The Morgan fingerprint density at radius 2 is 1.43 bits per heavy atom. The van der Waals surface area contributed by atoms with Crippen molar-refractivity contribution in [3.63, 3.8) is 0 Å². The average molecular weight is 487 g/mol. The number of morpholine rings is 1. The van der Waals surface area contributed by atoms with Gasteiger partial charge in [0.05, 0.1) is 19.1 Å². The van der Waals surface area contributed by atoms with Gasteiger partial charge in [0.2, 0.25) is 9.70 Å². The summed E-state index contributed by atoms with van der Waals surface area (Å²) in [5, 5.41) is 6.22. The maximum absolute atomic E-state index is 13.4. The Hall–Kier alpha value is -1.57. The van der Waals surface area contributed by atoms with Gasteiger partial charge < -0.3 is 20.3 Å². The molecule has 2 aromatic carbocycles. The van der Waals surface area contributed by atoms with Crippen LogP contribution in [0.15, 0.2) is 60.7 Å². The molecule has 0 aliphatic carbocycles. The van der Waals surface area contributed by atoms with Crippen molar-refractivity contribution in [2.75, 3.05) is 26.3 Å². The molecular weight excluding hydrogens is 465 g/mol. The fourth-order valence-electron chi connectivity index (χ4n) is 3.19. The molecule has 1 amide bonds. The molecule has 0 spiro atoms. The van der Waals surface area contributed by atoms with Crippen LogP contribution in [0.25, 0.3) is 0 Å². The molecule has 1 saturated heterocycles. The summed E-state index contributed by atoms with van der Waals surface area (Å²) in [6.45, 7) is 2.39. The summed E-state index contributed by atoms with van der Waals surface area (Å²) in [5.41, 5.74) is 1.67. The van der Waals surface area contributed by atoms with Crippen molar-refractivity contribution >= 4 is 58.0 Å². The molecule has 0 saturated carbocycles. The molecule has 2 N–H and O–H groups in total. The van der Waals surface area contributed by atoms with Crippen molar-refractivity contribution in [1.82, 2.24) is 15.5 Å². The minimum atomic E-state index is -1.82. The van der Waals surface area contributed by atoms with E-state index in [2.05, 4.69) is 10.6 Å². The summed E-state index contributed by atoms with van der Waals surface area (Å²) >= 11 is 24.0. The van der Waals surface area contributed by atoms with Crippen LogP contribution in [0.1, 0.15) is 17.0 Å². The first-order valence-electron chi connectivity index (χ1n) is 9.46. The van der Waals surface area contributed by atoms with E-state index in [1.54, 1.807) is 0 Å². The molecule has 1 fully saturated rings. The summed E-state index contributed by atoms with van der Waals surface area (Å²) in [6.07, 6.45) is -1.01. The van der Waals surface area contributed by atoms with Gasteiger partial charge in [-0.1, -0.05) is 95.5 Å². The van der Waals surface area contributed by atoms with Crippen LogP contribution >= 0.6 is 47.0 Å². The molecule has 1 aliphatic heterocycles. The first-order chi connectivity index (χ1) is 14.4. The lowest BCUT2D eigenvalue weighted by Gasteiger charge is -2.34. The van der Waals surface area contributed by atoms with Gasteiger partial charge in [-0.05, 0) is 23.3 Å². The third kappa shape index (κ3) is 6.22. The molecule has 0 bridgehead atoms. The van der Waals surface area contributed by atoms with Gasteiger partial charge >= 0.3 is 0 Å². The molecule has 1 heterocycles. The first-order valence-corrected chi connectivity index (χ1v) is 11.0. The zero-order valence-electron chi connectivity index (χ0n) is 16.1. The molecule has 1 atom stereocenters. The zero-order valence-corrected chi connectivity index (χ0v) is 19.1. The first kappa shape index (κ1) is 23.1. The second-order valence-corrected chi connectivity index (χ2v) is 9.54. The lowest BCUT2D eigenvalue weighted by molar-refractivity contribution is -0.122. The molecule has 3 rings (SSSR count). The van der Waals surface area contributed by atoms with Crippen molar-refractivity contribution in [2.45, 2.75) is 15.9 Å². The molecule has 0 radical (unpaired) electrons. The van der Waals surface area contributed by atoms with E-state index in [4.69, 9.17) is 51.8 Å². The van der Waals surface area contributed by atoms with E-state index in [-0.39, 0.29) is 5.91 Å². The Labute approximate surface area is 196 Å². The number of carbonyl (C=O) groups excluding carboxylic acids is 1. The summed E-state index contributed by atoms with van der Waals surface area (Å²) in [5.74, 6) is -0.873. The Morgan fingerprint density at radius 1 is 0.933 bits per heavy atom. The van der Waals surface area contributed by atoms with Crippen molar-refractivity contribution < 1.29 is 9.53 Å². The molecule has 2 aromatic rings. The van der Waals surface area contributed by atoms with E-state index < -0.39 is 15.9 Å². The van der Waals surface area contributed by atoms with Crippen molar-refractivity contribution in [2.24, 2.45) is 0 Å². The minimum Gasteiger partial charge on any atom is -0.378 e. The average Bonchev–Trinajstić information content (AvgIpc) is 2.75. The van der Waals surface area contributed by atoms with E-state index >= 15 is 0 Å². The number of halogens is 3. The fraction of sp³-hybridized carbons (Fsp3) is 0.333. The smallest absolute Gasteiger partial charge is 0.233 e. The van der Waals surface area contributed by atoms with E-state index in [0.717, 1.165) is 11.1 Å². The van der Waals surface area contributed by atoms with Crippen LogP contribution in [0.2, 0.25) is 0 Å². The Kier molecular flexibility index (Phi) is 8.20. The molecule has 5 nitrogen and oxygen atoms in total. The predicted molar refractivity (Wildman–Crippen MR) is 125 cm³/mol. The van der Waals surface area contributed by atoms with Gasteiger partial charge in [0.15, 0.2) is 5.11 Å². The van der Waals surface area contributed by atoms with Crippen LogP contribution in [0.5, 0.6) is 0 Å². The summed E-state index contributed by atoms with van der Waals surface area (Å²) in [6, 6.07) is 18.9. The number of amides is 1. The van der Waals surface area contributed by atoms with Crippen LogP contribution in [-0.2, 0) is 9.53 Å². The van der Waals surface area contributed by atoms with Gasteiger partial charge in [0.25, 0.3) is 0 Å². The lowest BCUT2D eigenvalue weighted by Crippen LogP contribution is -2.59. The summed E-state index contributed by atoms with van der Waals surface area (Å²) < 4.78 is 3.52. The standard InChI is InChI=1S/C21H22Cl3N3O2S/c22-21(23,24)19(26-20(30)27-11-13-29-14-12-27)25-18(28)17(15-7-3-1-4-8-15)16-9-5-2-6-10-16/h1-10,17,19H,11-14H2,(H,25,28)(H,26,30). The molecule has 9 heteroatoms. The highest BCUT2D eigenvalue weighted by molar-refractivity contribution is 7.80. The van der Waals surface area contributed by atoms with Crippen LogP contribution in [0.3, 0.4) is 0 Å². The Balaban J connectivity index is 1.81. The van der Waals surface area contributed by atoms with Crippen molar-refractivity contribution in [1.29, 1.82) is 0 Å². The van der Waals surface area contributed by atoms with E-state index in [1.165, 1.54) is 0 Å². The number of ether oxygens (including phenoxy) is 1. The van der Waals surface area contributed by atoms with E-state index in [0.29, 0.717) is 31.4 Å². The molecule has 30 heavy (non-hydrogen) atoms. The van der Waals surface area contributed by atoms with Gasteiger partial charge in [-0.3, -0.25) is 4.79 Å². The number of nitrogens with one attached hydrogen (secondary N) is 2. The normalized spacial score (nSPS) is 15.5. The van der Waals surface area contributed by atoms with Gasteiger partial charge in [-0.2, -0.15) is 0 Å². The molecule has 1 unspecified atom stereocenters. The number of benzene rings is 2. The summed E-state index contributed by atoms with van der Waals surface area (Å²) in [7, 11) is 0. The highest BCUT2D eigenvalue weighted by Crippen LogP contribution is 2.31. The topological polar surface area (TPSA) is 53.6 Å². The maximum Gasteiger partial charge on any atom is 0.233 e. The van der Waals surface area contributed by atoms with Gasteiger partial charge in [0, 0.05) is 13.1 Å². The lowest BCUT2D eigenvalue weighted by atomic mass is 9.90. The van der Waals surface area contributed by atoms with E-state index in [9.17, 15) is 4.79 Å². The Morgan fingerprint density at radius 3 is 1.90 bits per heavy atom. The molecule has 1 aliphatic rings. The van der Waals surface area contributed by atoms with Crippen LogP contribution in [0.4, 0.5) is 0 Å². The van der Waals surface area contributed by atoms with Gasteiger partial charge in [-0.15, -0.1) is 0 Å². The fourth-order valence-corrected chi connectivity index (χ4v) is 3.82. The molecule has 160 valence electrons. The number of nitrogens with zero attached hydrogens (tertiary/aromatic N) is 1. The van der Waals surface area contributed by atoms with Crippen molar-refractivity contribution in [3.8, 4) is 0 Å². The molecule has 0 aromatic heterocycles. The minimum absolute atomic E-state index is 0.305. The second kappa shape index (κ2) is 10.6. The largest absolute Gasteiger partial charge is 0.378 e. The number of thiocarbonyl (C=S) groups is 1. The Bertz CT molecular complexity index is 804. The number of hydrogen-bond acceptors (Lipinski definition) is 3. The summed E-state index contributed by atoms with van der Waals surface area (Å²) in [4.78, 5) is 15.3. The van der Waals surface area contributed by atoms with Crippen LogP contribution < -0.4 is 10.6 Å². The maximum atomic E-state index is 13.4. The van der Waals surface area contributed by atoms with Gasteiger partial charge in [0.1, 0.15) is 6.17 Å². The number of alkyl halides is 3. The van der Waals surface area contributed by atoms with Crippen LogP contribution in [0, 0.1) is 0 Å². The second-order valence-electron chi connectivity index (χ2n) is 6.79. The zero-order chi connectivity index (χ0) is 21.6. The van der Waals surface area contributed by atoms with Crippen LogP contribution in [-0.4, -0.2) is 52.2 Å². The van der Waals surface area contributed by atoms with E-state index in [1.807, 2.05) is 65.6 Å². The predicted octanol–water partition coefficient (Wildman–Crippen LogP) is 3.84. The highest BCUT2D eigenvalue weighted by Gasteiger charge is 2.37. The third-order valence-electron chi connectivity index (χ3n) is 4.71. The third-order valence-corrected chi connectivity index (χ3v) is 5.74. The number of hydrogen-bond donors (Lipinski definition) is 2.